The van der Waals surface area contributed by atoms with Crippen molar-refractivity contribution in [2.24, 2.45) is 0 Å². The molecule has 0 aliphatic heterocycles. The molecule has 2 aromatic rings. The SMILES string of the molecule is COc1cc(C)c(C(=O)C=Cc2ccc(Br)cc2)c(OC)c1. The van der Waals surface area contributed by atoms with Gasteiger partial charge in [-0.3, -0.25) is 4.79 Å². The van der Waals surface area contributed by atoms with Crippen LogP contribution >= 0.6 is 15.9 Å². The lowest BCUT2D eigenvalue weighted by Gasteiger charge is -2.11. The first-order chi connectivity index (χ1) is 10.5. The molecule has 0 saturated carbocycles. The fourth-order valence-corrected chi connectivity index (χ4v) is 2.41. The van der Waals surface area contributed by atoms with Gasteiger partial charge in [0.2, 0.25) is 0 Å². The summed E-state index contributed by atoms with van der Waals surface area (Å²) in [6.07, 6.45) is 3.35. The molecule has 0 fully saturated rings. The van der Waals surface area contributed by atoms with Crippen molar-refractivity contribution >= 4 is 27.8 Å². The summed E-state index contributed by atoms with van der Waals surface area (Å²) in [5.41, 5.74) is 2.33. The predicted octanol–water partition coefficient (Wildman–Crippen LogP) is 4.67. The summed E-state index contributed by atoms with van der Waals surface area (Å²) in [6, 6.07) is 11.3. The quantitative estimate of drug-likeness (QED) is 0.574. The molecule has 0 atom stereocenters. The summed E-state index contributed by atoms with van der Waals surface area (Å²) in [5.74, 6) is 1.09. The number of methoxy groups -OCH3 is 2. The molecule has 0 heterocycles. The van der Waals surface area contributed by atoms with Gasteiger partial charge in [0.1, 0.15) is 11.5 Å². The maximum absolute atomic E-state index is 12.5. The molecule has 0 amide bonds. The van der Waals surface area contributed by atoms with Crippen LogP contribution in [-0.4, -0.2) is 20.0 Å². The normalized spacial score (nSPS) is 10.7. The van der Waals surface area contributed by atoms with E-state index in [2.05, 4.69) is 15.9 Å². The lowest BCUT2D eigenvalue weighted by molar-refractivity contribution is 0.104. The highest BCUT2D eigenvalue weighted by atomic mass is 79.9. The second kappa shape index (κ2) is 7.27. The number of ketones is 1. The minimum absolute atomic E-state index is 0.0973. The Bertz CT molecular complexity index is 703. The molecule has 114 valence electrons. The third-order valence-corrected chi connectivity index (χ3v) is 3.80. The highest BCUT2D eigenvalue weighted by Crippen LogP contribution is 2.29. The summed E-state index contributed by atoms with van der Waals surface area (Å²) in [6.45, 7) is 1.87. The second-order valence-electron chi connectivity index (χ2n) is 4.77. The summed E-state index contributed by atoms with van der Waals surface area (Å²) in [5, 5.41) is 0. The molecule has 22 heavy (non-hydrogen) atoms. The Morgan fingerprint density at radius 2 is 1.77 bits per heavy atom. The van der Waals surface area contributed by atoms with Crippen LogP contribution in [0.5, 0.6) is 11.5 Å². The van der Waals surface area contributed by atoms with Crippen LogP contribution in [0.15, 0.2) is 46.9 Å². The van der Waals surface area contributed by atoms with E-state index in [0.717, 1.165) is 15.6 Å². The van der Waals surface area contributed by atoms with E-state index < -0.39 is 0 Å². The molecule has 0 spiro atoms. The lowest BCUT2D eigenvalue weighted by Crippen LogP contribution is -2.03. The van der Waals surface area contributed by atoms with Crippen LogP contribution in [0.1, 0.15) is 21.5 Å². The van der Waals surface area contributed by atoms with E-state index in [1.54, 1.807) is 32.4 Å². The van der Waals surface area contributed by atoms with Crippen LogP contribution in [0, 0.1) is 6.92 Å². The molecule has 0 N–H and O–H groups in total. The number of aryl methyl sites for hydroxylation is 1. The van der Waals surface area contributed by atoms with E-state index >= 15 is 0 Å². The fraction of sp³-hybridized carbons (Fsp3) is 0.167. The summed E-state index contributed by atoms with van der Waals surface area (Å²) in [4.78, 5) is 12.5. The van der Waals surface area contributed by atoms with Crippen LogP contribution in [0.2, 0.25) is 0 Å². The highest BCUT2D eigenvalue weighted by Gasteiger charge is 2.14. The molecule has 0 aromatic heterocycles. The molecule has 3 nitrogen and oxygen atoms in total. The molecule has 0 bridgehead atoms. The number of hydrogen-bond acceptors (Lipinski definition) is 3. The largest absolute Gasteiger partial charge is 0.497 e. The predicted molar refractivity (Wildman–Crippen MR) is 91.8 cm³/mol. The number of ether oxygens (including phenoxy) is 2. The third-order valence-electron chi connectivity index (χ3n) is 3.27. The Morgan fingerprint density at radius 1 is 1.09 bits per heavy atom. The van der Waals surface area contributed by atoms with E-state index in [-0.39, 0.29) is 5.78 Å². The smallest absolute Gasteiger partial charge is 0.189 e. The maximum Gasteiger partial charge on any atom is 0.189 e. The van der Waals surface area contributed by atoms with E-state index in [4.69, 9.17) is 9.47 Å². The van der Waals surface area contributed by atoms with Gasteiger partial charge in [0.05, 0.1) is 19.8 Å². The topological polar surface area (TPSA) is 35.5 Å². The molecule has 0 unspecified atom stereocenters. The molecule has 0 radical (unpaired) electrons. The minimum atomic E-state index is -0.0973. The van der Waals surface area contributed by atoms with Crippen molar-refractivity contribution in [3.63, 3.8) is 0 Å². The van der Waals surface area contributed by atoms with Crippen molar-refractivity contribution in [3.05, 3.63) is 63.6 Å². The zero-order chi connectivity index (χ0) is 16.1. The van der Waals surface area contributed by atoms with Crippen LogP contribution in [0.25, 0.3) is 6.08 Å². The van der Waals surface area contributed by atoms with Crippen molar-refractivity contribution in [1.29, 1.82) is 0 Å². The maximum atomic E-state index is 12.5. The minimum Gasteiger partial charge on any atom is -0.497 e. The number of rotatable bonds is 5. The fourth-order valence-electron chi connectivity index (χ4n) is 2.15. The first kappa shape index (κ1) is 16.3. The zero-order valence-electron chi connectivity index (χ0n) is 12.7. The molecule has 4 heteroatoms. The molecule has 0 aliphatic rings. The van der Waals surface area contributed by atoms with Gasteiger partial charge in [0.15, 0.2) is 5.78 Å². The van der Waals surface area contributed by atoms with Gasteiger partial charge < -0.3 is 9.47 Å². The summed E-state index contributed by atoms with van der Waals surface area (Å²) in [7, 11) is 3.13. The number of carbonyl (C=O) groups excluding carboxylic acids is 1. The van der Waals surface area contributed by atoms with E-state index in [1.165, 1.54) is 0 Å². The van der Waals surface area contributed by atoms with Crippen molar-refractivity contribution in [3.8, 4) is 11.5 Å². The Kier molecular flexibility index (Phi) is 5.39. The average Bonchev–Trinajstić information content (AvgIpc) is 2.53. The Hall–Kier alpha value is -2.07. The number of benzene rings is 2. The van der Waals surface area contributed by atoms with Gasteiger partial charge in [-0.1, -0.05) is 34.1 Å². The van der Waals surface area contributed by atoms with E-state index in [9.17, 15) is 4.79 Å². The van der Waals surface area contributed by atoms with Crippen LogP contribution < -0.4 is 9.47 Å². The van der Waals surface area contributed by atoms with Gasteiger partial charge in [-0.15, -0.1) is 0 Å². The van der Waals surface area contributed by atoms with Crippen LogP contribution in [-0.2, 0) is 0 Å². The van der Waals surface area contributed by atoms with Crippen molar-refractivity contribution < 1.29 is 14.3 Å². The van der Waals surface area contributed by atoms with Gasteiger partial charge in [-0.25, -0.2) is 0 Å². The third kappa shape index (κ3) is 3.77. The average molecular weight is 361 g/mol. The van der Waals surface area contributed by atoms with Gasteiger partial charge in [0.25, 0.3) is 0 Å². The van der Waals surface area contributed by atoms with Crippen molar-refractivity contribution in [1.82, 2.24) is 0 Å². The van der Waals surface area contributed by atoms with Gasteiger partial charge in [-0.2, -0.15) is 0 Å². The van der Waals surface area contributed by atoms with Gasteiger partial charge in [-0.05, 0) is 42.3 Å². The number of allylic oxidation sites excluding steroid dienone is 1. The standard InChI is InChI=1S/C18H17BrO3/c1-12-10-15(21-2)11-17(22-3)18(12)16(20)9-6-13-4-7-14(19)8-5-13/h4-11H,1-3H3. The highest BCUT2D eigenvalue weighted by molar-refractivity contribution is 9.10. The first-order valence-electron chi connectivity index (χ1n) is 6.75. The second-order valence-corrected chi connectivity index (χ2v) is 5.69. The monoisotopic (exact) mass is 360 g/mol. The Balaban J connectivity index is 2.31. The van der Waals surface area contributed by atoms with Crippen molar-refractivity contribution in [2.75, 3.05) is 14.2 Å². The molecule has 0 saturated heterocycles. The first-order valence-corrected chi connectivity index (χ1v) is 7.55. The molecule has 0 aliphatic carbocycles. The summed E-state index contributed by atoms with van der Waals surface area (Å²) < 4.78 is 11.5. The number of halogens is 1. The van der Waals surface area contributed by atoms with Crippen LogP contribution in [0.4, 0.5) is 0 Å². The van der Waals surface area contributed by atoms with E-state index in [1.807, 2.05) is 37.3 Å². The van der Waals surface area contributed by atoms with Crippen molar-refractivity contribution in [2.45, 2.75) is 6.92 Å². The Labute approximate surface area is 138 Å². The lowest BCUT2D eigenvalue weighted by atomic mass is 10.0. The molecule has 2 aromatic carbocycles. The number of hydrogen-bond donors (Lipinski definition) is 0. The zero-order valence-corrected chi connectivity index (χ0v) is 14.3. The number of carbonyl (C=O) groups is 1. The van der Waals surface area contributed by atoms with Crippen LogP contribution in [0.3, 0.4) is 0 Å². The van der Waals surface area contributed by atoms with Gasteiger partial charge in [0, 0.05) is 10.5 Å². The molecular weight excluding hydrogens is 344 g/mol. The molecule has 2 rings (SSSR count). The summed E-state index contributed by atoms with van der Waals surface area (Å²) >= 11 is 3.38. The van der Waals surface area contributed by atoms with E-state index in [0.29, 0.717) is 17.1 Å². The molecular formula is C18H17BrO3. The Morgan fingerprint density at radius 3 is 2.36 bits per heavy atom. The van der Waals surface area contributed by atoms with Gasteiger partial charge >= 0.3 is 0 Å².